The largest absolute Gasteiger partial charge is 0.497 e. The zero-order valence-corrected chi connectivity index (χ0v) is 22.4. The Hall–Kier alpha value is -2.04. The second kappa shape index (κ2) is 14.3. The molecular weight excluding hydrogens is 531 g/mol. The number of guanidine groups is 1. The first-order valence-electron chi connectivity index (χ1n) is 11.3. The van der Waals surface area contributed by atoms with Crippen LogP contribution in [-0.2, 0) is 11.3 Å². The minimum Gasteiger partial charge on any atom is -0.497 e. The summed E-state index contributed by atoms with van der Waals surface area (Å²) in [7, 11) is 3.49. The number of benzene rings is 2. The third-order valence-corrected chi connectivity index (χ3v) is 5.64. The van der Waals surface area contributed by atoms with Crippen molar-refractivity contribution in [2.24, 2.45) is 4.99 Å². The standard InChI is InChI=1S/C25H36N4O3.HI/c1-5-32-24-16-19(2)6-7-21(24)17-27-25(26-3)28-18-23(29-12-14-31-15-13-29)20-8-10-22(30-4)11-9-20;/h6-11,16,23H,5,12-15,17-18H2,1-4H3,(H2,26,27,28);1H. The van der Waals surface area contributed by atoms with Gasteiger partial charge in [-0.2, -0.15) is 0 Å². The number of ether oxygens (including phenoxy) is 3. The zero-order chi connectivity index (χ0) is 22.8. The summed E-state index contributed by atoms with van der Waals surface area (Å²) in [5, 5.41) is 6.94. The monoisotopic (exact) mass is 568 g/mol. The molecule has 0 aromatic heterocycles. The molecule has 0 spiro atoms. The van der Waals surface area contributed by atoms with Crippen LogP contribution in [0.1, 0.15) is 29.7 Å². The number of morpholine rings is 1. The summed E-state index contributed by atoms with van der Waals surface area (Å²) in [6, 6.07) is 14.8. The van der Waals surface area contributed by atoms with Crippen LogP contribution in [0, 0.1) is 6.92 Å². The maximum Gasteiger partial charge on any atom is 0.191 e. The van der Waals surface area contributed by atoms with Gasteiger partial charge in [0, 0.05) is 38.8 Å². The van der Waals surface area contributed by atoms with E-state index in [-0.39, 0.29) is 30.0 Å². The maximum atomic E-state index is 5.81. The molecule has 2 N–H and O–H groups in total. The molecule has 7 nitrogen and oxygen atoms in total. The minimum absolute atomic E-state index is 0. The van der Waals surface area contributed by atoms with Gasteiger partial charge in [-0.3, -0.25) is 9.89 Å². The van der Waals surface area contributed by atoms with Crippen LogP contribution in [0.3, 0.4) is 0 Å². The Kier molecular flexibility index (Phi) is 11.8. The highest BCUT2D eigenvalue weighted by Gasteiger charge is 2.23. The number of hydrogen-bond donors (Lipinski definition) is 2. The summed E-state index contributed by atoms with van der Waals surface area (Å²) >= 11 is 0. The van der Waals surface area contributed by atoms with E-state index in [2.05, 4.69) is 57.8 Å². The molecule has 8 heteroatoms. The van der Waals surface area contributed by atoms with E-state index in [1.165, 1.54) is 11.1 Å². The second-order valence-electron chi connectivity index (χ2n) is 7.79. The first-order chi connectivity index (χ1) is 15.6. The molecule has 182 valence electrons. The molecule has 0 aliphatic carbocycles. The summed E-state index contributed by atoms with van der Waals surface area (Å²) < 4.78 is 16.7. The van der Waals surface area contributed by atoms with Crippen molar-refractivity contribution >= 4 is 29.9 Å². The van der Waals surface area contributed by atoms with Crippen molar-refractivity contribution in [2.75, 3.05) is 53.6 Å². The first kappa shape index (κ1) is 27.2. The predicted molar refractivity (Wildman–Crippen MR) is 144 cm³/mol. The van der Waals surface area contributed by atoms with Crippen molar-refractivity contribution < 1.29 is 14.2 Å². The second-order valence-corrected chi connectivity index (χ2v) is 7.79. The molecule has 0 bridgehead atoms. The Labute approximate surface area is 214 Å². The van der Waals surface area contributed by atoms with Gasteiger partial charge in [-0.15, -0.1) is 24.0 Å². The summed E-state index contributed by atoms with van der Waals surface area (Å²) in [5.74, 6) is 2.54. The first-order valence-corrected chi connectivity index (χ1v) is 11.3. The van der Waals surface area contributed by atoms with Gasteiger partial charge in [0.05, 0.1) is 33.0 Å². The maximum absolute atomic E-state index is 5.81. The molecule has 33 heavy (non-hydrogen) atoms. The van der Waals surface area contributed by atoms with Crippen LogP contribution in [0.5, 0.6) is 11.5 Å². The average molecular weight is 569 g/mol. The fourth-order valence-corrected chi connectivity index (χ4v) is 3.86. The van der Waals surface area contributed by atoms with Crippen LogP contribution in [0.4, 0.5) is 0 Å². The molecule has 3 rings (SSSR count). The van der Waals surface area contributed by atoms with Gasteiger partial charge < -0.3 is 24.8 Å². The molecule has 1 saturated heterocycles. The van der Waals surface area contributed by atoms with Crippen molar-refractivity contribution in [3.8, 4) is 11.5 Å². The van der Waals surface area contributed by atoms with Crippen molar-refractivity contribution in [1.82, 2.24) is 15.5 Å². The molecule has 0 amide bonds. The number of methoxy groups -OCH3 is 1. The van der Waals surface area contributed by atoms with Crippen LogP contribution in [-0.4, -0.2) is 64.5 Å². The predicted octanol–water partition coefficient (Wildman–Crippen LogP) is 3.76. The van der Waals surface area contributed by atoms with E-state index in [4.69, 9.17) is 14.2 Å². The van der Waals surface area contributed by atoms with Crippen LogP contribution in [0.2, 0.25) is 0 Å². The van der Waals surface area contributed by atoms with E-state index in [9.17, 15) is 0 Å². The Morgan fingerprint density at radius 2 is 1.85 bits per heavy atom. The molecule has 2 aromatic carbocycles. The molecule has 1 heterocycles. The Balaban J connectivity index is 0.00000385. The van der Waals surface area contributed by atoms with Crippen LogP contribution in [0.25, 0.3) is 0 Å². The molecule has 0 radical (unpaired) electrons. The number of aliphatic imine (C=N–C) groups is 1. The van der Waals surface area contributed by atoms with Crippen LogP contribution >= 0.6 is 24.0 Å². The lowest BCUT2D eigenvalue weighted by atomic mass is 10.0. The van der Waals surface area contributed by atoms with Gasteiger partial charge in [-0.25, -0.2) is 0 Å². The third-order valence-electron chi connectivity index (χ3n) is 5.64. The summed E-state index contributed by atoms with van der Waals surface area (Å²) in [4.78, 5) is 6.88. The topological polar surface area (TPSA) is 67.3 Å². The molecule has 2 aromatic rings. The highest BCUT2D eigenvalue weighted by molar-refractivity contribution is 14.0. The van der Waals surface area contributed by atoms with Crippen molar-refractivity contribution in [3.05, 3.63) is 59.2 Å². The number of nitrogens with zero attached hydrogens (tertiary/aromatic N) is 2. The quantitative estimate of drug-likeness (QED) is 0.273. The Morgan fingerprint density at radius 3 is 2.48 bits per heavy atom. The van der Waals surface area contributed by atoms with Gasteiger partial charge in [0.15, 0.2) is 5.96 Å². The van der Waals surface area contributed by atoms with Gasteiger partial charge in [0.1, 0.15) is 11.5 Å². The fourth-order valence-electron chi connectivity index (χ4n) is 3.86. The lowest BCUT2D eigenvalue weighted by Crippen LogP contribution is -2.46. The van der Waals surface area contributed by atoms with Gasteiger partial charge in [-0.1, -0.05) is 24.3 Å². The number of aryl methyl sites for hydroxylation is 1. The average Bonchev–Trinajstić information content (AvgIpc) is 2.83. The molecule has 1 unspecified atom stereocenters. The van der Waals surface area contributed by atoms with Gasteiger partial charge in [0.2, 0.25) is 0 Å². The molecule has 1 aliphatic heterocycles. The molecule has 0 saturated carbocycles. The highest BCUT2D eigenvalue weighted by atomic mass is 127. The lowest BCUT2D eigenvalue weighted by Gasteiger charge is -2.35. The highest BCUT2D eigenvalue weighted by Crippen LogP contribution is 2.24. The number of rotatable bonds is 9. The van der Waals surface area contributed by atoms with E-state index in [0.717, 1.165) is 55.9 Å². The SMILES string of the molecule is CCOc1cc(C)ccc1CNC(=NC)NCC(c1ccc(OC)cc1)N1CCOCC1.I. The van der Waals surface area contributed by atoms with Crippen LogP contribution in [0.15, 0.2) is 47.5 Å². The van der Waals surface area contributed by atoms with Crippen LogP contribution < -0.4 is 20.1 Å². The third kappa shape index (κ3) is 8.04. The number of hydrogen-bond acceptors (Lipinski definition) is 5. The Bertz CT molecular complexity index is 870. The number of halogens is 1. The van der Waals surface area contributed by atoms with Gasteiger partial charge >= 0.3 is 0 Å². The number of nitrogens with one attached hydrogen (secondary N) is 2. The van der Waals surface area contributed by atoms with Crippen molar-refractivity contribution in [1.29, 1.82) is 0 Å². The lowest BCUT2D eigenvalue weighted by molar-refractivity contribution is 0.0170. The van der Waals surface area contributed by atoms with Gasteiger partial charge in [-0.05, 0) is 43.2 Å². The molecule has 1 aliphatic rings. The van der Waals surface area contributed by atoms with Gasteiger partial charge in [0.25, 0.3) is 0 Å². The normalized spacial score (nSPS) is 15.3. The molecular formula is C25H37IN4O3. The minimum atomic E-state index is 0. The van der Waals surface area contributed by atoms with Crippen molar-refractivity contribution in [2.45, 2.75) is 26.4 Å². The molecule has 1 fully saturated rings. The van der Waals surface area contributed by atoms with E-state index in [1.54, 1.807) is 14.2 Å². The summed E-state index contributed by atoms with van der Waals surface area (Å²) in [5.41, 5.74) is 3.54. The summed E-state index contributed by atoms with van der Waals surface area (Å²) in [6.45, 7) is 9.43. The van der Waals surface area contributed by atoms with E-state index < -0.39 is 0 Å². The molecule has 1 atom stereocenters. The summed E-state index contributed by atoms with van der Waals surface area (Å²) in [6.07, 6.45) is 0. The van der Waals surface area contributed by atoms with E-state index in [0.29, 0.717) is 13.2 Å². The fraction of sp³-hybridized carbons (Fsp3) is 0.480. The van der Waals surface area contributed by atoms with E-state index >= 15 is 0 Å². The van der Waals surface area contributed by atoms with Crippen molar-refractivity contribution in [3.63, 3.8) is 0 Å². The Morgan fingerprint density at radius 1 is 1.12 bits per heavy atom. The zero-order valence-electron chi connectivity index (χ0n) is 20.1. The van der Waals surface area contributed by atoms with E-state index in [1.807, 2.05) is 19.1 Å². The smallest absolute Gasteiger partial charge is 0.191 e.